The summed E-state index contributed by atoms with van der Waals surface area (Å²) < 4.78 is 5.39. The number of carbonyl (C=O) groups is 2. The number of carbonyl (C=O) groups excluding carboxylic acids is 2. The fourth-order valence-electron chi connectivity index (χ4n) is 2.28. The van der Waals surface area contributed by atoms with E-state index in [1.165, 1.54) is 0 Å². The maximum Gasteiger partial charge on any atom is 0.311 e. The molecule has 7 heteroatoms. The molecule has 2 rings (SSSR count). The topological polar surface area (TPSA) is 79.5 Å². The van der Waals surface area contributed by atoms with Crippen LogP contribution in [0.3, 0.4) is 0 Å². The zero-order valence-electron chi connectivity index (χ0n) is 13.9. The highest BCUT2D eigenvalue weighted by Gasteiger charge is 2.32. The summed E-state index contributed by atoms with van der Waals surface area (Å²) in [6.45, 7) is 11.6. The Balaban J connectivity index is 1.96. The van der Waals surface area contributed by atoms with Crippen LogP contribution in [0.1, 0.15) is 57.1 Å². The number of aromatic nitrogens is 2. The van der Waals surface area contributed by atoms with E-state index in [4.69, 9.17) is 4.42 Å². The molecule has 2 heterocycles. The molecule has 7 nitrogen and oxygen atoms in total. The summed E-state index contributed by atoms with van der Waals surface area (Å²) in [4.78, 5) is 28.0. The van der Waals surface area contributed by atoms with Gasteiger partial charge in [-0.1, -0.05) is 34.6 Å². The highest BCUT2D eigenvalue weighted by atomic mass is 16.4. The van der Waals surface area contributed by atoms with Crippen LogP contribution in [0.15, 0.2) is 4.42 Å². The van der Waals surface area contributed by atoms with Crippen LogP contribution in [0, 0.1) is 5.41 Å². The van der Waals surface area contributed by atoms with E-state index in [-0.39, 0.29) is 23.6 Å². The largest absolute Gasteiger partial charge is 0.417 e. The van der Waals surface area contributed by atoms with Gasteiger partial charge in [0.2, 0.25) is 11.8 Å². The molecule has 0 unspecified atom stereocenters. The molecular weight excluding hydrogens is 284 g/mol. The minimum absolute atomic E-state index is 0.0271. The molecule has 1 aromatic heterocycles. The van der Waals surface area contributed by atoms with Gasteiger partial charge >= 0.3 is 11.8 Å². The second kappa shape index (κ2) is 6.06. The van der Waals surface area contributed by atoms with Crippen molar-refractivity contribution < 1.29 is 14.0 Å². The van der Waals surface area contributed by atoms with Crippen molar-refractivity contribution in [3.63, 3.8) is 0 Å². The van der Waals surface area contributed by atoms with Crippen LogP contribution in [0.5, 0.6) is 0 Å². The fourth-order valence-corrected chi connectivity index (χ4v) is 2.28. The van der Waals surface area contributed by atoms with Crippen molar-refractivity contribution in [1.29, 1.82) is 0 Å². The predicted octanol–water partition coefficient (Wildman–Crippen LogP) is 1.52. The van der Waals surface area contributed by atoms with E-state index in [9.17, 15) is 9.59 Å². The van der Waals surface area contributed by atoms with Crippen molar-refractivity contribution >= 4 is 11.8 Å². The molecule has 1 aliphatic heterocycles. The molecule has 0 saturated carbocycles. The lowest BCUT2D eigenvalue weighted by Crippen LogP contribution is -2.53. The molecule has 0 bridgehead atoms. The zero-order valence-corrected chi connectivity index (χ0v) is 13.9. The summed E-state index contributed by atoms with van der Waals surface area (Å²) in [6, 6.07) is 0. The van der Waals surface area contributed by atoms with Crippen molar-refractivity contribution in [2.75, 3.05) is 26.2 Å². The van der Waals surface area contributed by atoms with Crippen LogP contribution in [-0.4, -0.2) is 58.0 Å². The van der Waals surface area contributed by atoms with Crippen molar-refractivity contribution in [3.8, 4) is 0 Å². The summed E-state index contributed by atoms with van der Waals surface area (Å²) in [6.07, 6.45) is 0. The monoisotopic (exact) mass is 308 g/mol. The first-order valence-corrected chi connectivity index (χ1v) is 7.62. The third-order valence-electron chi connectivity index (χ3n) is 3.61. The standard InChI is InChI=1S/C15H24N4O3/c1-10(2)11-16-17-12(22-11)13(20)18-6-8-19(9-7-18)14(21)15(3,4)5/h10H,6-9H2,1-5H3. The van der Waals surface area contributed by atoms with Gasteiger partial charge in [0, 0.05) is 37.5 Å². The maximum atomic E-state index is 12.3. The van der Waals surface area contributed by atoms with Crippen LogP contribution in [0.25, 0.3) is 0 Å². The molecule has 0 aromatic carbocycles. The highest BCUT2D eigenvalue weighted by molar-refractivity contribution is 5.90. The number of piperazine rings is 1. The Hall–Kier alpha value is -1.92. The van der Waals surface area contributed by atoms with E-state index in [0.29, 0.717) is 32.1 Å². The molecule has 22 heavy (non-hydrogen) atoms. The molecule has 0 spiro atoms. The molecule has 2 amide bonds. The number of hydrogen-bond acceptors (Lipinski definition) is 5. The molecule has 1 fully saturated rings. The Labute approximate surface area is 130 Å². The van der Waals surface area contributed by atoms with Gasteiger partial charge in [0.25, 0.3) is 0 Å². The average Bonchev–Trinajstić information content (AvgIpc) is 2.95. The van der Waals surface area contributed by atoms with Crippen molar-refractivity contribution in [2.24, 2.45) is 5.41 Å². The Bertz CT molecular complexity index is 551. The van der Waals surface area contributed by atoms with Crippen molar-refractivity contribution in [2.45, 2.75) is 40.5 Å². The smallest absolute Gasteiger partial charge is 0.311 e. The van der Waals surface area contributed by atoms with Crippen LogP contribution < -0.4 is 0 Å². The zero-order chi connectivity index (χ0) is 16.5. The Morgan fingerprint density at radius 3 is 2.05 bits per heavy atom. The van der Waals surface area contributed by atoms with Gasteiger partial charge in [-0.15, -0.1) is 10.2 Å². The van der Waals surface area contributed by atoms with E-state index in [1.807, 2.05) is 34.6 Å². The first kappa shape index (κ1) is 16.5. The van der Waals surface area contributed by atoms with Crippen LogP contribution in [0.2, 0.25) is 0 Å². The molecule has 0 N–H and O–H groups in total. The third kappa shape index (κ3) is 3.45. The van der Waals surface area contributed by atoms with Gasteiger partial charge in [-0.3, -0.25) is 9.59 Å². The Kier molecular flexibility index (Phi) is 4.53. The lowest BCUT2D eigenvalue weighted by molar-refractivity contribution is -0.140. The van der Waals surface area contributed by atoms with Gasteiger partial charge in [0.15, 0.2) is 0 Å². The number of nitrogens with zero attached hydrogens (tertiary/aromatic N) is 4. The molecule has 0 radical (unpaired) electrons. The molecular formula is C15H24N4O3. The molecule has 0 atom stereocenters. The summed E-state index contributed by atoms with van der Waals surface area (Å²) in [5.74, 6) is 0.432. The van der Waals surface area contributed by atoms with Gasteiger partial charge in [-0.2, -0.15) is 0 Å². The van der Waals surface area contributed by atoms with Gasteiger partial charge in [0.1, 0.15) is 0 Å². The van der Waals surface area contributed by atoms with Crippen molar-refractivity contribution in [1.82, 2.24) is 20.0 Å². The molecule has 1 saturated heterocycles. The van der Waals surface area contributed by atoms with Crippen LogP contribution in [-0.2, 0) is 4.79 Å². The lowest BCUT2D eigenvalue weighted by Gasteiger charge is -2.37. The molecule has 1 aliphatic rings. The third-order valence-corrected chi connectivity index (χ3v) is 3.61. The van der Waals surface area contributed by atoms with Gasteiger partial charge in [-0.25, -0.2) is 0 Å². The Morgan fingerprint density at radius 1 is 1.05 bits per heavy atom. The number of hydrogen-bond donors (Lipinski definition) is 0. The van der Waals surface area contributed by atoms with Crippen molar-refractivity contribution in [3.05, 3.63) is 11.8 Å². The van der Waals surface area contributed by atoms with Gasteiger partial charge in [0.05, 0.1) is 0 Å². The van der Waals surface area contributed by atoms with E-state index in [2.05, 4.69) is 10.2 Å². The molecule has 0 aliphatic carbocycles. The predicted molar refractivity (Wildman–Crippen MR) is 80.3 cm³/mol. The second-order valence-electron chi connectivity index (χ2n) is 6.93. The summed E-state index contributed by atoms with van der Waals surface area (Å²) >= 11 is 0. The van der Waals surface area contributed by atoms with E-state index < -0.39 is 5.41 Å². The highest BCUT2D eigenvalue weighted by Crippen LogP contribution is 2.19. The summed E-state index contributed by atoms with van der Waals surface area (Å²) in [5.41, 5.74) is -0.398. The summed E-state index contributed by atoms with van der Waals surface area (Å²) in [5, 5.41) is 7.70. The Morgan fingerprint density at radius 2 is 1.59 bits per heavy atom. The number of amides is 2. The number of rotatable bonds is 2. The maximum absolute atomic E-state index is 12.3. The minimum Gasteiger partial charge on any atom is -0.417 e. The van der Waals surface area contributed by atoms with Gasteiger partial charge < -0.3 is 14.2 Å². The second-order valence-corrected chi connectivity index (χ2v) is 6.93. The average molecular weight is 308 g/mol. The SMILES string of the molecule is CC(C)c1nnc(C(=O)N2CCN(C(=O)C(C)(C)C)CC2)o1. The summed E-state index contributed by atoms with van der Waals surface area (Å²) in [7, 11) is 0. The van der Waals surface area contributed by atoms with Crippen LogP contribution >= 0.6 is 0 Å². The molecule has 122 valence electrons. The lowest BCUT2D eigenvalue weighted by atomic mass is 9.94. The quantitative estimate of drug-likeness (QED) is 0.827. The first-order valence-electron chi connectivity index (χ1n) is 7.62. The normalized spacial score (nSPS) is 16.3. The van der Waals surface area contributed by atoms with E-state index in [1.54, 1.807) is 9.80 Å². The molecule has 1 aromatic rings. The van der Waals surface area contributed by atoms with E-state index in [0.717, 1.165) is 0 Å². The fraction of sp³-hybridized carbons (Fsp3) is 0.733. The first-order chi connectivity index (χ1) is 10.2. The van der Waals surface area contributed by atoms with E-state index >= 15 is 0 Å². The van der Waals surface area contributed by atoms with Crippen LogP contribution in [0.4, 0.5) is 0 Å². The minimum atomic E-state index is -0.398. The van der Waals surface area contributed by atoms with Gasteiger partial charge in [-0.05, 0) is 0 Å².